The van der Waals surface area contributed by atoms with E-state index in [4.69, 9.17) is 5.73 Å². The lowest BCUT2D eigenvalue weighted by atomic mass is 9.76. The molecular weight excluding hydrogens is 242 g/mol. The van der Waals surface area contributed by atoms with Crippen molar-refractivity contribution in [3.05, 3.63) is 0 Å². The van der Waals surface area contributed by atoms with Crippen molar-refractivity contribution >= 4 is 11.8 Å². The first-order valence-corrected chi connectivity index (χ1v) is 7.32. The van der Waals surface area contributed by atoms with Gasteiger partial charge in [0, 0.05) is 25.0 Å². The highest BCUT2D eigenvalue weighted by molar-refractivity contribution is 5.86. The van der Waals surface area contributed by atoms with Crippen LogP contribution in [0.3, 0.4) is 0 Å². The lowest BCUT2D eigenvalue weighted by molar-refractivity contribution is -0.141. The van der Waals surface area contributed by atoms with E-state index in [1.165, 1.54) is 0 Å². The number of rotatable bonds is 5. The lowest BCUT2D eigenvalue weighted by Crippen LogP contribution is -2.48. The van der Waals surface area contributed by atoms with Gasteiger partial charge in [-0.05, 0) is 32.6 Å². The molecule has 1 aliphatic carbocycles. The highest BCUT2D eigenvalue weighted by atomic mass is 16.2. The van der Waals surface area contributed by atoms with Crippen LogP contribution in [0.1, 0.15) is 40.0 Å². The van der Waals surface area contributed by atoms with Gasteiger partial charge in [-0.25, -0.2) is 0 Å². The quantitative estimate of drug-likeness (QED) is 0.773. The molecule has 19 heavy (non-hydrogen) atoms. The summed E-state index contributed by atoms with van der Waals surface area (Å²) in [7, 11) is 0. The Morgan fingerprint density at radius 1 is 1.32 bits per heavy atom. The van der Waals surface area contributed by atoms with Gasteiger partial charge < -0.3 is 16.0 Å². The predicted octanol–water partition coefficient (Wildman–Crippen LogP) is 0.735. The van der Waals surface area contributed by atoms with Crippen LogP contribution in [0, 0.1) is 11.8 Å². The topological polar surface area (TPSA) is 75.4 Å². The van der Waals surface area contributed by atoms with E-state index in [2.05, 4.69) is 5.32 Å². The average Bonchev–Trinajstić information content (AvgIpc) is 2.39. The fourth-order valence-electron chi connectivity index (χ4n) is 2.75. The molecule has 0 heterocycles. The van der Waals surface area contributed by atoms with Crippen LogP contribution in [0.5, 0.6) is 0 Å². The molecule has 0 aromatic rings. The normalized spacial score (nSPS) is 26.8. The molecule has 0 saturated heterocycles. The third kappa shape index (κ3) is 4.20. The molecule has 3 N–H and O–H groups in total. The maximum absolute atomic E-state index is 12.5. The second-order valence-electron chi connectivity index (χ2n) is 5.37. The number of hydrogen-bond donors (Lipinski definition) is 2. The minimum Gasteiger partial charge on any atom is -0.355 e. The van der Waals surface area contributed by atoms with Crippen molar-refractivity contribution in [1.82, 2.24) is 10.2 Å². The summed E-state index contributed by atoms with van der Waals surface area (Å²) in [5.74, 6) is 0.157. The lowest BCUT2D eigenvalue weighted by Gasteiger charge is -2.35. The molecule has 0 aromatic heterocycles. The minimum absolute atomic E-state index is 0.0295. The third-order valence-corrected chi connectivity index (χ3v) is 4.08. The Balaban J connectivity index is 2.64. The number of carbonyl (C=O) groups is 2. The molecule has 1 saturated carbocycles. The number of nitrogens with two attached hydrogens (primary N) is 1. The molecule has 0 spiro atoms. The smallest absolute Gasteiger partial charge is 0.239 e. The van der Waals surface area contributed by atoms with Gasteiger partial charge in [0.2, 0.25) is 11.8 Å². The van der Waals surface area contributed by atoms with Crippen molar-refractivity contribution in [2.75, 3.05) is 19.6 Å². The molecule has 0 aliphatic heterocycles. The van der Waals surface area contributed by atoms with Gasteiger partial charge in [0.05, 0.1) is 6.54 Å². The van der Waals surface area contributed by atoms with Crippen LogP contribution in [-0.4, -0.2) is 42.4 Å². The Kier molecular flexibility index (Phi) is 6.28. The zero-order valence-corrected chi connectivity index (χ0v) is 12.3. The molecule has 0 bridgehead atoms. The van der Waals surface area contributed by atoms with E-state index in [1.807, 2.05) is 20.8 Å². The largest absolute Gasteiger partial charge is 0.355 e. The summed E-state index contributed by atoms with van der Waals surface area (Å²) in [5, 5.41) is 2.73. The van der Waals surface area contributed by atoms with Crippen molar-refractivity contribution in [2.45, 2.75) is 46.1 Å². The molecule has 1 rings (SSSR count). The monoisotopic (exact) mass is 269 g/mol. The summed E-state index contributed by atoms with van der Waals surface area (Å²) in [6, 6.07) is 0.103. The second-order valence-corrected chi connectivity index (χ2v) is 5.37. The first kappa shape index (κ1) is 16.0. The second kappa shape index (κ2) is 7.48. The molecule has 3 unspecified atom stereocenters. The molecule has 110 valence electrons. The van der Waals surface area contributed by atoms with E-state index in [1.54, 1.807) is 4.90 Å². The fraction of sp³-hybridized carbons (Fsp3) is 0.857. The SMILES string of the molecule is CCNC(=O)CN(CC)C(=O)C1CCCC(N)C1C. The molecule has 1 fully saturated rings. The zero-order valence-electron chi connectivity index (χ0n) is 12.3. The van der Waals surface area contributed by atoms with Gasteiger partial charge in [0.15, 0.2) is 0 Å². The number of hydrogen-bond acceptors (Lipinski definition) is 3. The maximum atomic E-state index is 12.5. The van der Waals surface area contributed by atoms with E-state index < -0.39 is 0 Å². The van der Waals surface area contributed by atoms with Crippen molar-refractivity contribution < 1.29 is 9.59 Å². The number of carbonyl (C=O) groups excluding carboxylic acids is 2. The Hall–Kier alpha value is -1.10. The van der Waals surface area contributed by atoms with Crippen LogP contribution in [0.15, 0.2) is 0 Å². The standard InChI is InChI=1S/C14H27N3O2/c1-4-16-13(18)9-17(5-2)14(19)11-7-6-8-12(15)10(11)3/h10-12H,4-9,15H2,1-3H3,(H,16,18). The fourth-order valence-corrected chi connectivity index (χ4v) is 2.75. The van der Waals surface area contributed by atoms with Gasteiger partial charge in [0.1, 0.15) is 0 Å². The first-order valence-electron chi connectivity index (χ1n) is 7.32. The average molecular weight is 269 g/mol. The number of nitrogens with one attached hydrogen (secondary N) is 1. The summed E-state index contributed by atoms with van der Waals surface area (Å²) < 4.78 is 0. The van der Waals surface area contributed by atoms with Gasteiger partial charge in [-0.15, -0.1) is 0 Å². The van der Waals surface area contributed by atoms with Crippen molar-refractivity contribution in [3.63, 3.8) is 0 Å². The first-order chi connectivity index (χ1) is 9.01. The van der Waals surface area contributed by atoms with Gasteiger partial charge in [-0.3, -0.25) is 9.59 Å². The van der Waals surface area contributed by atoms with Crippen LogP contribution in [0.4, 0.5) is 0 Å². The predicted molar refractivity (Wildman–Crippen MR) is 75.4 cm³/mol. The van der Waals surface area contributed by atoms with E-state index in [9.17, 15) is 9.59 Å². The number of nitrogens with zero attached hydrogens (tertiary/aromatic N) is 1. The Bertz CT molecular complexity index is 320. The Labute approximate surface area is 115 Å². The summed E-state index contributed by atoms with van der Waals surface area (Å²) in [5.41, 5.74) is 6.05. The van der Waals surface area contributed by atoms with Crippen LogP contribution in [-0.2, 0) is 9.59 Å². The van der Waals surface area contributed by atoms with Crippen molar-refractivity contribution in [2.24, 2.45) is 17.6 Å². The molecule has 1 aliphatic rings. The highest BCUT2D eigenvalue weighted by Gasteiger charge is 2.35. The molecule has 0 radical (unpaired) electrons. The van der Waals surface area contributed by atoms with Crippen LogP contribution >= 0.6 is 0 Å². The maximum Gasteiger partial charge on any atom is 0.239 e. The van der Waals surface area contributed by atoms with E-state index in [0.29, 0.717) is 13.1 Å². The summed E-state index contributed by atoms with van der Waals surface area (Å²) in [6.45, 7) is 7.14. The number of likely N-dealkylation sites (N-methyl/N-ethyl adjacent to an activating group) is 2. The highest BCUT2D eigenvalue weighted by Crippen LogP contribution is 2.30. The Morgan fingerprint density at radius 2 is 2.00 bits per heavy atom. The molecule has 5 nitrogen and oxygen atoms in total. The number of amides is 2. The van der Waals surface area contributed by atoms with Gasteiger partial charge in [-0.1, -0.05) is 13.3 Å². The van der Waals surface area contributed by atoms with Crippen LogP contribution < -0.4 is 11.1 Å². The summed E-state index contributed by atoms with van der Waals surface area (Å²) >= 11 is 0. The zero-order chi connectivity index (χ0) is 14.4. The molecule has 0 aromatic carbocycles. The molecule has 5 heteroatoms. The molecular formula is C14H27N3O2. The van der Waals surface area contributed by atoms with E-state index >= 15 is 0 Å². The van der Waals surface area contributed by atoms with Gasteiger partial charge in [-0.2, -0.15) is 0 Å². The minimum atomic E-state index is -0.0922. The van der Waals surface area contributed by atoms with Crippen LogP contribution in [0.25, 0.3) is 0 Å². The molecule has 2 amide bonds. The van der Waals surface area contributed by atoms with Crippen molar-refractivity contribution in [3.8, 4) is 0 Å². The molecule has 3 atom stereocenters. The van der Waals surface area contributed by atoms with E-state index in [-0.39, 0.29) is 36.2 Å². The summed E-state index contributed by atoms with van der Waals surface area (Å²) in [6.07, 6.45) is 2.88. The van der Waals surface area contributed by atoms with E-state index in [0.717, 1.165) is 19.3 Å². The third-order valence-electron chi connectivity index (χ3n) is 4.08. The Morgan fingerprint density at radius 3 is 2.58 bits per heavy atom. The van der Waals surface area contributed by atoms with Crippen LogP contribution in [0.2, 0.25) is 0 Å². The van der Waals surface area contributed by atoms with Crippen molar-refractivity contribution in [1.29, 1.82) is 0 Å². The van der Waals surface area contributed by atoms with Gasteiger partial charge >= 0.3 is 0 Å². The summed E-state index contributed by atoms with van der Waals surface area (Å²) in [4.78, 5) is 25.8. The van der Waals surface area contributed by atoms with Gasteiger partial charge in [0.25, 0.3) is 0 Å².